The van der Waals surface area contributed by atoms with Crippen molar-refractivity contribution in [3.63, 3.8) is 0 Å². The van der Waals surface area contributed by atoms with E-state index in [1.807, 2.05) is 32.9 Å². The molecule has 3 rings (SSSR count). The van der Waals surface area contributed by atoms with Crippen molar-refractivity contribution in [2.45, 2.75) is 51.3 Å². The summed E-state index contributed by atoms with van der Waals surface area (Å²) in [5, 5.41) is 3.00. The van der Waals surface area contributed by atoms with Crippen molar-refractivity contribution in [3.05, 3.63) is 24.2 Å². The molecule has 3 N–H and O–H groups in total. The normalized spacial score (nSPS) is 35.4. The van der Waals surface area contributed by atoms with Gasteiger partial charge >= 0.3 is 0 Å². The fourth-order valence-corrected chi connectivity index (χ4v) is 3.96. The van der Waals surface area contributed by atoms with Crippen LogP contribution in [-0.4, -0.2) is 24.2 Å². The second kappa shape index (κ2) is 4.85. The molecule has 5 heteroatoms. The van der Waals surface area contributed by atoms with E-state index >= 15 is 0 Å². The van der Waals surface area contributed by atoms with E-state index in [1.54, 1.807) is 6.26 Å². The Labute approximate surface area is 125 Å². The Morgan fingerprint density at radius 2 is 2.29 bits per heavy atom. The zero-order chi connectivity index (χ0) is 15.3. The maximum Gasteiger partial charge on any atom is 0.241 e. The molecule has 2 fully saturated rings. The van der Waals surface area contributed by atoms with Gasteiger partial charge in [-0.15, -0.1) is 0 Å². The van der Waals surface area contributed by atoms with Gasteiger partial charge in [0.15, 0.2) is 0 Å². The Morgan fingerprint density at radius 3 is 2.95 bits per heavy atom. The van der Waals surface area contributed by atoms with Gasteiger partial charge < -0.3 is 20.2 Å². The number of carbonyl (C=O) groups excluding carboxylic acids is 1. The number of fused-ring (bicyclic) bond motifs is 1. The third-order valence-corrected chi connectivity index (χ3v) is 5.38. The summed E-state index contributed by atoms with van der Waals surface area (Å²) in [5.74, 6) is 0.730. The van der Waals surface area contributed by atoms with E-state index in [0.29, 0.717) is 0 Å². The number of nitrogens with two attached hydrogens (primary N) is 1. The lowest BCUT2D eigenvalue weighted by atomic mass is 9.46. The number of carbonyl (C=O) groups is 1. The molecule has 2 aliphatic rings. The second-order valence-corrected chi connectivity index (χ2v) is 6.84. The maximum absolute atomic E-state index is 12.8. The van der Waals surface area contributed by atoms with Gasteiger partial charge in [-0.3, -0.25) is 4.79 Å². The third kappa shape index (κ3) is 1.94. The van der Waals surface area contributed by atoms with E-state index in [-0.39, 0.29) is 29.4 Å². The standard InChI is InChI=1S/C16H24N2O3/c1-10(12-7-5-8-20-12)18-14(19)16(17)11-6-4-9-21-13(11)15(16,2)3/h5,7-8,10-11,13H,4,6,9,17H2,1-3H3,(H,18,19)/t10-,11?,13?,16?/m1/s1. The Balaban J connectivity index is 1.77. The highest BCUT2D eigenvalue weighted by molar-refractivity contribution is 5.89. The van der Waals surface area contributed by atoms with Crippen LogP contribution in [0.2, 0.25) is 0 Å². The van der Waals surface area contributed by atoms with Crippen LogP contribution in [0, 0.1) is 11.3 Å². The van der Waals surface area contributed by atoms with E-state index in [1.165, 1.54) is 0 Å². The summed E-state index contributed by atoms with van der Waals surface area (Å²) < 4.78 is 11.2. The summed E-state index contributed by atoms with van der Waals surface area (Å²) in [6, 6.07) is 3.48. The molecule has 1 aliphatic heterocycles. The number of nitrogens with one attached hydrogen (secondary N) is 1. The molecule has 1 aromatic heterocycles. The van der Waals surface area contributed by atoms with Gasteiger partial charge in [0.05, 0.1) is 18.4 Å². The summed E-state index contributed by atoms with van der Waals surface area (Å²) in [5.41, 5.74) is 5.33. The van der Waals surface area contributed by atoms with Crippen LogP contribution >= 0.6 is 0 Å². The molecule has 2 heterocycles. The van der Waals surface area contributed by atoms with E-state index < -0.39 is 5.54 Å². The molecule has 1 aliphatic carbocycles. The minimum atomic E-state index is -0.876. The Kier molecular flexibility index (Phi) is 3.37. The summed E-state index contributed by atoms with van der Waals surface area (Å²) in [6.45, 7) is 6.72. The number of rotatable bonds is 3. The zero-order valence-electron chi connectivity index (χ0n) is 12.9. The molecule has 1 aromatic rings. The SMILES string of the molecule is C[C@@H](NC(=O)C1(N)C2CCCOC2C1(C)C)c1ccco1. The van der Waals surface area contributed by atoms with E-state index in [4.69, 9.17) is 14.9 Å². The lowest BCUT2D eigenvalue weighted by Crippen LogP contribution is -2.82. The Morgan fingerprint density at radius 1 is 1.52 bits per heavy atom. The van der Waals surface area contributed by atoms with Crippen LogP contribution in [0.4, 0.5) is 0 Å². The first kappa shape index (κ1) is 14.6. The first-order valence-electron chi connectivity index (χ1n) is 7.64. The highest BCUT2D eigenvalue weighted by Gasteiger charge is 2.70. The van der Waals surface area contributed by atoms with Crippen LogP contribution < -0.4 is 11.1 Å². The molecule has 21 heavy (non-hydrogen) atoms. The topological polar surface area (TPSA) is 77.5 Å². The monoisotopic (exact) mass is 292 g/mol. The molecule has 0 bridgehead atoms. The highest BCUT2D eigenvalue weighted by atomic mass is 16.5. The minimum Gasteiger partial charge on any atom is -0.467 e. The van der Waals surface area contributed by atoms with Crippen LogP contribution in [0.25, 0.3) is 0 Å². The summed E-state index contributed by atoms with van der Waals surface area (Å²) in [7, 11) is 0. The van der Waals surface area contributed by atoms with E-state index in [2.05, 4.69) is 5.32 Å². The molecule has 5 nitrogen and oxygen atoms in total. The van der Waals surface area contributed by atoms with E-state index in [9.17, 15) is 4.79 Å². The van der Waals surface area contributed by atoms with Crippen molar-refractivity contribution in [1.29, 1.82) is 0 Å². The van der Waals surface area contributed by atoms with Crippen molar-refractivity contribution in [1.82, 2.24) is 5.32 Å². The number of furan rings is 1. The van der Waals surface area contributed by atoms with Crippen molar-refractivity contribution in [2.75, 3.05) is 6.61 Å². The van der Waals surface area contributed by atoms with Crippen molar-refractivity contribution < 1.29 is 13.9 Å². The minimum absolute atomic E-state index is 0.0842. The third-order valence-electron chi connectivity index (χ3n) is 5.38. The van der Waals surface area contributed by atoms with Gasteiger partial charge in [0, 0.05) is 17.9 Å². The molecule has 1 saturated carbocycles. The first-order valence-corrected chi connectivity index (χ1v) is 7.64. The quantitative estimate of drug-likeness (QED) is 0.893. The fourth-order valence-electron chi connectivity index (χ4n) is 3.96. The molecular formula is C16H24N2O3. The maximum atomic E-state index is 12.8. The predicted octanol–water partition coefficient (Wildman–Crippen LogP) is 1.99. The van der Waals surface area contributed by atoms with Crippen LogP contribution in [0.3, 0.4) is 0 Å². The molecule has 3 unspecified atom stereocenters. The van der Waals surface area contributed by atoms with E-state index in [0.717, 1.165) is 25.2 Å². The Bertz CT molecular complexity index is 526. The number of ether oxygens (including phenoxy) is 1. The predicted molar refractivity (Wildman–Crippen MR) is 78.4 cm³/mol. The molecule has 0 spiro atoms. The average Bonchev–Trinajstić information content (AvgIpc) is 3.00. The smallest absolute Gasteiger partial charge is 0.241 e. The summed E-state index contributed by atoms with van der Waals surface area (Å²) in [6.07, 6.45) is 3.61. The average molecular weight is 292 g/mol. The molecule has 0 aromatic carbocycles. The molecule has 1 saturated heterocycles. The molecular weight excluding hydrogens is 268 g/mol. The van der Waals surface area contributed by atoms with Gasteiger partial charge in [-0.2, -0.15) is 0 Å². The zero-order valence-corrected chi connectivity index (χ0v) is 12.9. The summed E-state index contributed by atoms with van der Waals surface area (Å²) >= 11 is 0. The summed E-state index contributed by atoms with van der Waals surface area (Å²) in [4.78, 5) is 12.8. The van der Waals surface area contributed by atoms with Crippen LogP contribution in [-0.2, 0) is 9.53 Å². The first-order chi connectivity index (χ1) is 9.89. The lowest BCUT2D eigenvalue weighted by Gasteiger charge is -2.65. The van der Waals surface area contributed by atoms with Gasteiger partial charge in [0.1, 0.15) is 11.3 Å². The lowest BCUT2D eigenvalue weighted by molar-refractivity contribution is -0.225. The van der Waals surface area contributed by atoms with Gasteiger partial charge in [-0.05, 0) is 31.9 Å². The Hall–Kier alpha value is -1.33. The molecule has 4 atom stereocenters. The van der Waals surface area contributed by atoms with Gasteiger partial charge in [-0.1, -0.05) is 13.8 Å². The van der Waals surface area contributed by atoms with Crippen LogP contribution in [0.5, 0.6) is 0 Å². The number of amides is 1. The molecule has 116 valence electrons. The van der Waals surface area contributed by atoms with Crippen LogP contribution in [0.15, 0.2) is 22.8 Å². The number of hydrogen-bond donors (Lipinski definition) is 2. The second-order valence-electron chi connectivity index (χ2n) is 6.84. The fraction of sp³-hybridized carbons (Fsp3) is 0.688. The van der Waals surface area contributed by atoms with Crippen molar-refractivity contribution in [3.8, 4) is 0 Å². The molecule has 1 amide bonds. The number of hydrogen-bond acceptors (Lipinski definition) is 4. The largest absolute Gasteiger partial charge is 0.467 e. The van der Waals surface area contributed by atoms with Gasteiger partial charge in [0.25, 0.3) is 0 Å². The van der Waals surface area contributed by atoms with Crippen molar-refractivity contribution in [2.24, 2.45) is 17.1 Å². The molecule has 0 radical (unpaired) electrons. The highest BCUT2D eigenvalue weighted by Crippen LogP contribution is 2.57. The van der Waals surface area contributed by atoms with Crippen molar-refractivity contribution >= 4 is 5.91 Å². The van der Waals surface area contributed by atoms with Gasteiger partial charge in [0.2, 0.25) is 5.91 Å². The van der Waals surface area contributed by atoms with Crippen LogP contribution in [0.1, 0.15) is 45.4 Å². The van der Waals surface area contributed by atoms with Gasteiger partial charge in [-0.25, -0.2) is 0 Å².